The van der Waals surface area contributed by atoms with E-state index in [1.807, 2.05) is 13.0 Å². The molecule has 9 nitrogen and oxygen atoms in total. The van der Waals surface area contributed by atoms with Crippen molar-refractivity contribution >= 4 is 38.4 Å². The van der Waals surface area contributed by atoms with Crippen molar-refractivity contribution in [3.05, 3.63) is 69.5 Å². The highest BCUT2D eigenvalue weighted by Crippen LogP contribution is 2.31. The first kappa shape index (κ1) is 23.7. The fourth-order valence-corrected chi connectivity index (χ4v) is 5.49. The summed E-state index contributed by atoms with van der Waals surface area (Å²) in [7, 11) is -0.936. The molecule has 1 unspecified atom stereocenters. The standard InChI is InChI=1S/C24H24N2O7S/c1-4-14-6-5-7-17-19(14)22(28)20(24(30)26(17)3)23(29)25(2)16-10-8-15(9-11-16)21(27)18-12-13-33-34(18,31)32/h5-11,18,28H,4,12-13H2,1-3H3. The summed E-state index contributed by atoms with van der Waals surface area (Å²) in [6.07, 6.45) is 0.690. The highest BCUT2D eigenvalue weighted by molar-refractivity contribution is 7.88. The molecule has 2 aromatic carbocycles. The van der Waals surface area contributed by atoms with Crippen LogP contribution in [0.15, 0.2) is 47.3 Å². The number of Topliss-reactive ketones (excluding diaryl/α,β-unsaturated/α-hetero) is 1. The summed E-state index contributed by atoms with van der Waals surface area (Å²) in [5.74, 6) is -1.66. The number of rotatable bonds is 5. The summed E-state index contributed by atoms with van der Waals surface area (Å²) in [6, 6.07) is 11.1. The molecule has 34 heavy (non-hydrogen) atoms. The zero-order chi connectivity index (χ0) is 24.8. The third-order valence-corrected chi connectivity index (χ3v) is 7.83. The van der Waals surface area contributed by atoms with Gasteiger partial charge >= 0.3 is 0 Å². The second-order valence-electron chi connectivity index (χ2n) is 8.12. The van der Waals surface area contributed by atoms with Gasteiger partial charge in [0.2, 0.25) is 0 Å². The van der Waals surface area contributed by atoms with Crippen LogP contribution in [0.1, 0.15) is 39.6 Å². The van der Waals surface area contributed by atoms with Gasteiger partial charge in [0.1, 0.15) is 11.3 Å². The summed E-state index contributed by atoms with van der Waals surface area (Å²) in [4.78, 5) is 40.0. The van der Waals surface area contributed by atoms with Gasteiger partial charge < -0.3 is 14.6 Å². The smallest absolute Gasteiger partial charge is 0.277 e. The van der Waals surface area contributed by atoms with E-state index in [-0.39, 0.29) is 29.9 Å². The maximum Gasteiger partial charge on any atom is 0.277 e. The quantitative estimate of drug-likeness (QED) is 0.436. The van der Waals surface area contributed by atoms with E-state index < -0.39 is 32.6 Å². The Labute approximate surface area is 196 Å². The van der Waals surface area contributed by atoms with E-state index in [1.165, 1.54) is 40.8 Å². The molecular formula is C24H24N2O7S. The molecule has 10 heteroatoms. The number of fused-ring (bicyclic) bond motifs is 1. The van der Waals surface area contributed by atoms with Crippen molar-refractivity contribution in [3.63, 3.8) is 0 Å². The lowest BCUT2D eigenvalue weighted by Crippen LogP contribution is -2.34. The summed E-state index contributed by atoms with van der Waals surface area (Å²) >= 11 is 0. The third-order valence-electron chi connectivity index (χ3n) is 6.19. The number of carbonyl (C=O) groups is 2. The minimum absolute atomic E-state index is 0.0297. The van der Waals surface area contributed by atoms with Gasteiger partial charge in [-0.05, 0) is 48.7 Å². The van der Waals surface area contributed by atoms with Gasteiger partial charge in [0.25, 0.3) is 21.6 Å². The number of aromatic nitrogens is 1. The van der Waals surface area contributed by atoms with Crippen LogP contribution in [0.25, 0.3) is 10.9 Å². The van der Waals surface area contributed by atoms with Crippen molar-refractivity contribution in [1.29, 1.82) is 0 Å². The molecular weight excluding hydrogens is 460 g/mol. The average Bonchev–Trinajstić information content (AvgIpc) is 3.20. The third kappa shape index (κ3) is 3.78. The normalized spacial score (nSPS) is 17.1. The lowest BCUT2D eigenvalue weighted by Gasteiger charge is -2.20. The van der Waals surface area contributed by atoms with Gasteiger partial charge in [0.05, 0.1) is 12.1 Å². The maximum atomic E-state index is 13.3. The van der Waals surface area contributed by atoms with E-state index >= 15 is 0 Å². The van der Waals surface area contributed by atoms with E-state index in [0.717, 1.165) is 5.56 Å². The van der Waals surface area contributed by atoms with E-state index in [0.29, 0.717) is 23.0 Å². The molecule has 1 saturated heterocycles. The lowest BCUT2D eigenvalue weighted by atomic mass is 10.0. The van der Waals surface area contributed by atoms with Crippen LogP contribution in [0.5, 0.6) is 5.75 Å². The Morgan fingerprint density at radius 2 is 1.85 bits per heavy atom. The molecule has 0 bridgehead atoms. The predicted molar refractivity (Wildman–Crippen MR) is 127 cm³/mol. The van der Waals surface area contributed by atoms with Crippen LogP contribution < -0.4 is 10.5 Å². The van der Waals surface area contributed by atoms with Crippen LogP contribution in [0.2, 0.25) is 0 Å². The Morgan fingerprint density at radius 3 is 2.44 bits per heavy atom. The number of pyridine rings is 1. The molecule has 1 aromatic heterocycles. The van der Waals surface area contributed by atoms with Gasteiger partial charge in [-0.3, -0.25) is 18.6 Å². The van der Waals surface area contributed by atoms with Crippen LogP contribution in [-0.4, -0.2) is 48.7 Å². The molecule has 0 saturated carbocycles. The number of hydrogen-bond acceptors (Lipinski definition) is 7. The molecule has 178 valence electrons. The molecule has 1 amide bonds. The van der Waals surface area contributed by atoms with E-state index in [4.69, 9.17) is 0 Å². The predicted octanol–water partition coefficient (Wildman–Crippen LogP) is 2.38. The summed E-state index contributed by atoms with van der Waals surface area (Å²) in [6.45, 7) is 1.89. The molecule has 1 aliphatic heterocycles. The van der Waals surface area contributed by atoms with Crippen LogP contribution in [0.3, 0.4) is 0 Å². The van der Waals surface area contributed by atoms with Crippen molar-refractivity contribution in [2.75, 3.05) is 18.6 Å². The van der Waals surface area contributed by atoms with Crippen LogP contribution >= 0.6 is 0 Å². The molecule has 0 radical (unpaired) electrons. The van der Waals surface area contributed by atoms with Gasteiger partial charge in [0.15, 0.2) is 11.0 Å². The van der Waals surface area contributed by atoms with Crippen LogP contribution in [-0.2, 0) is 27.8 Å². The number of nitrogens with zero attached hydrogens (tertiary/aromatic N) is 2. The number of ketones is 1. The molecule has 1 atom stereocenters. The van der Waals surface area contributed by atoms with E-state index in [9.17, 15) is 27.9 Å². The number of benzene rings is 2. The largest absolute Gasteiger partial charge is 0.506 e. The molecule has 0 spiro atoms. The highest BCUT2D eigenvalue weighted by atomic mass is 32.2. The Hall–Kier alpha value is -3.50. The van der Waals surface area contributed by atoms with Crippen molar-refractivity contribution < 1.29 is 27.3 Å². The van der Waals surface area contributed by atoms with Crippen LogP contribution in [0.4, 0.5) is 5.69 Å². The van der Waals surface area contributed by atoms with Crippen molar-refractivity contribution in [1.82, 2.24) is 4.57 Å². The van der Waals surface area contributed by atoms with E-state index in [1.54, 1.807) is 19.2 Å². The topological polar surface area (TPSA) is 123 Å². The Balaban J connectivity index is 1.69. The fraction of sp³-hybridized carbons (Fsp3) is 0.292. The van der Waals surface area contributed by atoms with Gasteiger partial charge in [-0.1, -0.05) is 19.1 Å². The number of amides is 1. The number of aryl methyl sites for hydroxylation is 2. The summed E-state index contributed by atoms with van der Waals surface area (Å²) in [5, 5.41) is 10.1. The zero-order valence-electron chi connectivity index (χ0n) is 18.9. The molecule has 3 aromatic rings. The Morgan fingerprint density at radius 1 is 1.18 bits per heavy atom. The first-order chi connectivity index (χ1) is 16.1. The molecule has 1 N–H and O–H groups in total. The zero-order valence-corrected chi connectivity index (χ0v) is 19.8. The monoisotopic (exact) mass is 484 g/mol. The Bertz CT molecular complexity index is 1470. The summed E-state index contributed by atoms with van der Waals surface area (Å²) in [5.41, 5.74) is 0.866. The first-order valence-electron chi connectivity index (χ1n) is 10.7. The van der Waals surface area contributed by atoms with Crippen LogP contribution in [0, 0.1) is 0 Å². The van der Waals surface area contributed by atoms with Gasteiger partial charge in [-0.15, -0.1) is 0 Å². The molecule has 2 heterocycles. The SMILES string of the molecule is CCc1cccc2c1c(O)c(C(=O)N(C)c1ccc(C(=O)C3CCOS3(=O)=O)cc1)c(=O)n2C. The second-order valence-corrected chi connectivity index (χ2v) is 9.91. The van der Waals surface area contributed by atoms with E-state index in [2.05, 4.69) is 4.18 Å². The maximum absolute atomic E-state index is 13.3. The fourth-order valence-electron chi connectivity index (χ4n) is 4.21. The molecule has 1 aliphatic rings. The van der Waals surface area contributed by atoms with Crippen molar-refractivity contribution in [2.24, 2.45) is 7.05 Å². The number of carbonyl (C=O) groups excluding carboxylic acids is 2. The lowest BCUT2D eigenvalue weighted by molar-refractivity contribution is 0.0981. The van der Waals surface area contributed by atoms with Gasteiger partial charge in [-0.25, -0.2) is 0 Å². The number of anilines is 1. The molecule has 4 rings (SSSR count). The highest BCUT2D eigenvalue weighted by Gasteiger charge is 2.39. The second kappa shape index (κ2) is 8.69. The Kier molecular flexibility index (Phi) is 6.05. The minimum atomic E-state index is -3.93. The minimum Gasteiger partial charge on any atom is -0.506 e. The van der Waals surface area contributed by atoms with Crippen molar-refractivity contribution in [2.45, 2.75) is 25.0 Å². The molecule has 0 aliphatic carbocycles. The van der Waals surface area contributed by atoms with Gasteiger partial charge in [0, 0.05) is 30.7 Å². The summed E-state index contributed by atoms with van der Waals surface area (Å²) < 4.78 is 29.7. The van der Waals surface area contributed by atoms with Gasteiger partial charge in [-0.2, -0.15) is 8.42 Å². The first-order valence-corrected chi connectivity index (χ1v) is 12.2. The number of aromatic hydroxyl groups is 1. The molecule has 1 fully saturated rings. The average molecular weight is 485 g/mol. The number of hydrogen-bond donors (Lipinski definition) is 1. The van der Waals surface area contributed by atoms with Crippen molar-refractivity contribution in [3.8, 4) is 5.75 Å².